The van der Waals surface area contributed by atoms with Crippen LogP contribution in [0.2, 0.25) is 10.0 Å². The first-order valence-corrected chi connectivity index (χ1v) is 9.36. The molecule has 0 saturated heterocycles. The third kappa shape index (κ3) is 3.10. The molecule has 0 atom stereocenters. The molecule has 0 amide bonds. The topological polar surface area (TPSA) is 52.0 Å². The van der Waals surface area contributed by atoms with Gasteiger partial charge in [-0.05, 0) is 60.1 Å². The summed E-state index contributed by atoms with van der Waals surface area (Å²) in [6, 6.07) is 4.15. The Morgan fingerprint density at radius 1 is 0.667 bits per heavy atom. The fraction of sp³-hybridized carbons (Fsp3) is 0.400. The minimum atomic E-state index is 0.697. The average molecular weight is 365 g/mol. The molecule has 2 aromatic rings. The van der Waals surface area contributed by atoms with Crippen LogP contribution in [0.5, 0.6) is 0 Å². The molecule has 130 valence electrons. The maximum Gasteiger partial charge on any atom is 0.0537 e. The van der Waals surface area contributed by atoms with Gasteiger partial charge in [0.15, 0.2) is 0 Å². The molecular formula is C20H26Cl2N2. The molecule has 2 aromatic carbocycles. The second-order valence-electron chi connectivity index (χ2n) is 5.99. The molecule has 0 bridgehead atoms. The Bertz CT molecular complexity index is 702. The molecule has 2 rings (SSSR count). The van der Waals surface area contributed by atoms with E-state index in [1.54, 1.807) is 0 Å². The van der Waals surface area contributed by atoms with Crippen LogP contribution in [0.1, 0.15) is 49.9 Å². The van der Waals surface area contributed by atoms with Crippen LogP contribution in [0.4, 0.5) is 11.4 Å². The fourth-order valence-corrected chi connectivity index (χ4v) is 4.03. The summed E-state index contributed by atoms with van der Waals surface area (Å²) in [5.74, 6) is 0. The second kappa shape index (κ2) is 7.67. The Morgan fingerprint density at radius 3 is 1.25 bits per heavy atom. The number of rotatable bonds is 5. The second-order valence-corrected chi connectivity index (χ2v) is 6.75. The molecule has 2 nitrogen and oxygen atoms in total. The van der Waals surface area contributed by atoms with Crippen LogP contribution in [0.15, 0.2) is 12.1 Å². The molecule has 4 N–H and O–H groups in total. The summed E-state index contributed by atoms with van der Waals surface area (Å²) in [6.07, 6.45) is 3.30. The van der Waals surface area contributed by atoms with E-state index in [1.807, 2.05) is 0 Å². The minimum absolute atomic E-state index is 0.697. The predicted molar refractivity (Wildman–Crippen MR) is 108 cm³/mol. The van der Waals surface area contributed by atoms with Crippen molar-refractivity contribution in [3.63, 3.8) is 0 Å². The van der Waals surface area contributed by atoms with E-state index in [0.717, 1.165) is 70.4 Å². The largest absolute Gasteiger partial charge is 0.398 e. The Morgan fingerprint density at radius 2 is 1.00 bits per heavy atom. The summed E-state index contributed by atoms with van der Waals surface area (Å²) in [4.78, 5) is 0. The first kappa shape index (κ1) is 19.0. The van der Waals surface area contributed by atoms with Gasteiger partial charge in [-0.2, -0.15) is 0 Å². The molecule has 0 spiro atoms. The predicted octanol–water partition coefficient (Wildman–Crippen LogP) is 6.07. The van der Waals surface area contributed by atoms with Gasteiger partial charge < -0.3 is 11.5 Å². The summed E-state index contributed by atoms with van der Waals surface area (Å²) in [5.41, 5.74) is 20.3. The van der Waals surface area contributed by atoms with Gasteiger partial charge in [0.2, 0.25) is 0 Å². The van der Waals surface area contributed by atoms with E-state index >= 15 is 0 Å². The smallest absolute Gasteiger partial charge is 0.0537 e. The summed E-state index contributed by atoms with van der Waals surface area (Å²) < 4.78 is 0. The van der Waals surface area contributed by atoms with Crippen LogP contribution in [-0.2, 0) is 25.7 Å². The molecule has 0 unspecified atom stereocenters. The van der Waals surface area contributed by atoms with Crippen molar-refractivity contribution in [1.29, 1.82) is 0 Å². The lowest BCUT2D eigenvalue weighted by Gasteiger charge is -2.20. The number of aryl methyl sites for hydroxylation is 2. The maximum atomic E-state index is 6.71. The SMILES string of the molecule is CCc1cc(-c2cc(CC)c(N)c(CC)c2Cl)c(Cl)c(CC)c1N. The number of nitrogen functional groups attached to an aromatic ring is 2. The highest BCUT2D eigenvalue weighted by Gasteiger charge is 2.19. The molecule has 0 radical (unpaired) electrons. The Hall–Kier alpha value is -1.38. The van der Waals surface area contributed by atoms with E-state index in [1.165, 1.54) is 0 Å². The van der Waals surface area contributed by atoms with E-state index in [9.17, 15) is 0 Å². The fourth-order valence-electron chi connectivity index (χ4n) is 3.25. The van der Waals surface area contributed by atoms with Gasteiger partial charge in [0.05, 0.1) is 10.0 Å². The molecule has 0 aliphatic heterocycles. The Labute approximate surface area is 155 Å². The van der Waals surface area contributed by atoms with E-state index in [-0.39, 0.29) is 0 Å². The quantitative estimate of drug-likeness (QED) is 0.632. The van der Waals surface area contributed by atoms with Crippen LogP contribution >= 0.6 is 23.2 Å². The highest BCUT2D eigenvalue weighted by Crippen LogP contribution is 2.43. The molecule has 0 saturated carbocycles. The van der Waals surface area contributed by atoms with Crippen LogP contribution < -0.4 is 11.5 Å². The van der Waals surface area contributed by atoms with Crippen molar-refractivity contribution >= 4 is 34.6 Å². The van der Waals surface area contributed by atoms with Crippen molar-refractivity contribution < 1.29 is 0 Å². The zero-order chi connectivity index (χ0) is 18.0. The highest BCUT2D eigenvalue weighted by molar-refractivity contribution is 6.38. The Kier molecular flexibility index (Phi) is 6.06. The lowest BCUT2D eigenvalue weighted by Crippen LogP contribution is -2.04. The van der Waals surface area contributed by atoms with E-state index in [0.29, 0.717) is 10.0 Å². The van der Waals surface area contributed by atoms with Crippen molar-refractivity contribution in [2.45, 2.75) is 53.4 Å². The number of nitrogens with two attached hydrogens (primary N) is 2. The van der Waals surface area contributed by atoms with Crippen molar-refractivity contribution in [1.82, 2.24) is 0 Å². The van der Waals surface area contributed by atoms with Gasteiger partial charge in [-0.15, -0.1) is 0 Å². The summed E-state index contributed by atoms with van der Waals surface area (Å²) >= 11 is 13.4. The molecule has 24 heavy (non-hydrogen) atoms. The molecule has 0 aliphatic carbocycles. The first-order valence-electron chi connectivity index (χ1n) is 8.60. The van der Waals surface area contributed by atoms with Crippen molar-refractivity contribution in [3.05, 3.63) is 44.4 Å². The normalized spacial score (nSPS) is 11.1. The van der Waals surface area contributed by atoms with Crippen molar-refractivity contribution in [2.75, 3.05) is 11.5 Å². The molecule has 4 heteroatoms. The summed E-state index contributed by atoms with van der Waals surface area (Å²) in [6.45, 7) is 8.34. The number of benzene rings is 2. The van der Waals surface area contributed by atoms with Gasteiger partial charge in [0.25, 0.3) is 0 Å². The van der Waals surface area contributed by atoms with Gasteiger partial charge >= 0.3 is 0 Å². The van der Waals surface area contributed by atoms with Crippen LogP contribution in [0.3, 0.4) is 0 Å². The van der Waals surface area contributed by atoms with Gasteiger partial charge in [0.1, 0.15) is 0 Å². The zero-order valence-corrected chi connectivity index (χ0v) is 16.4. The molecule has 0 fully saturated rings. The maximum absolute atomic E-state index is 6.71. The van der Waals surface area contributed by atoms with Gasteiger partial charge in [-0.3, -0.25) is 0 Å². The van der Waals surface area contributed by atoms with Crippen LogP contribution in [0.25, 0.3) is 11.1 Å². The zero-order valence-electron chi connectivity index (χ0n) is 14.9. The van der Waals surface area contributed by atoms with Crippen molar-refractivity contribution in [2.24, 2.45) is 0 Å². The number of anilines is 2. The summed E-state index contributed by atoms with van der Waals surface area (Å²) in [7, 11) is 0. The third-order valence-corrected chi connectivity index (χ3v) is 5.60. The number of halogens is 2. The lowest BCUT2D eigenvalue weighted by molar-refractivity contribution is 1.09. The third-order valence-electron chi connectivity index (χ3n) is 4.74. The van der Waals surface area contributed by atoms with Gasteiger partial charge in [0, 0.05) is 22.5 Å². The molecular weight excluding hydrogens is 339 g/mol. The van der Waals surface area contributed by atoms with E-state index in [4.69, 9.17) is 34.7 Å². The van der Waals surface area contributed by atoms with Crippen LogP contribution in [0, 0.1) is 0 Å². The average Bonchev–Trinajstić information content (AvgIpc) is 2.57. The lowest BCUT2D eigenvalue weighted by atomic mass is 9.91. The van der Waals surface area contributed by atoms with Gasteiger partial charge in [-0.25, -0.2) is 0 Å². The summed E-state index contributed by atoms with van der Waals surface area (Å²) in [5, 5.41) is 1.39. The van der Waals surface area contributed by atoms with Gasteiger partial charge in [-0.1, -0.05) is 50.9 Å². The van der Waals surface area contributed by atoms with Crippen molar-refractivity contribution in [3.8, 4) is 11.1 Å². The van der Waals surface area contributed by atoms with Crippen LogP contribution in [-0.4, -0.2) is 0 Å². The molecule has 0 heterocycles. The first-order chi connectivity index (χ1) is 11.4. The standard InChI is InChI=1S/C20H26Cl2N2/c1-5-11-9-15(17(21)13(7-3)19(11)23)16-10-12(6-2)20(24)14(8-4)18(16)22/h9-10H,5-8,23-24H2,1-4H3. The molecule has 0 aromatic heterocycles. The Balaban J connectivity index is 2.86. The van der Waals surface area contributed by atoms with E-state index in [2.05, 4.69) is 39.8 Å². The number of hydrogen-bond acceptors (Lipinski definition) is 2. The number of hydrogen-bond donors (Lipinski definition) is 2. The molecule has 0 aliphatic rings. The minimum Gasteiger partial charge on any atom is -0.398 e. The van der Waals surface area contributed by atoms with E-state index < -0.39 is 0 Å². The highest BCUT2D eigenvalue weighted by atomic mass is 35.5. The monoisotopic (exact) mass is 364 g/mol.